The minimum atomic E-state index is 0.424. The minimum Gasteiger partial charge on any atom is -0.398 e. The number of rotatable bonds is 3. The number of nitrogen functional groups attached to an aromatic ring is 1. The number of aromatic nitrogens is 3. The number of halogens is 1. The molecule has 0 unspecified atom stereocenters. The maximum Gasteiger partial charge on any atom is 0.260 e. The fourth-order valence-corrected chi connectivity index (χ4v) is 2.19. The van der Waals surface area contributed by atoms with Gasteiger partial charge < -0.3 is 10.3 Å². The van der Waals surface area contributed by atoms with Crippen molar-refractivity contribution in [3.05, 3.63) is 58.6 Å². The van der Waals surface area contributed by atoms with E-state index in [4.69, 9.17) is 10.3 Å². The summed E-state index contributed by atoms with van der Waals surface area (Å²) in [5.74, 6) is 1.04. The molecule has 3 aromatic rings. The highest BCUT2D eigenvalue weighted by molar-refractivity contribution is 9.10. The molecule has 0 aliphatic heterocycles. The summed E-state index contributed by atoms with van der Waals surface area (Å²) >= 11 is 3.40. The molecule has 0 atom stereocenters. The maximum atomic E-state index is 5.93. The first kappa shape index (κ1) is 12.8. The lowest BCUT2D eigenvalue weighted by atomic mass is 10.2. The van der Waals surface area contributed by atoms with Gasteiger partial charge in [0, 0.05) is 29.0 Å². The first-order valence-electron chi connectivity index (χ1n) is 5.99. The number of nitrogens with zero attached hydrogens (tertiary/aromatic N) is 3. The third-order valence-corrected chi connectivity index (χ3v) is 3.32. The Kier molecular flexibility index (Phi) is 3.47. The van der Waals surface area contributed by atoms with Crippen LogP contribution in [0, 0.1) is 0 Å². The molecule has 2 N–H and O–H groups in total. The molecule has 5 nitrogen and oxygen atoms in total. The predicted molar refractivity (Wildman–Crippen MR) is 78.9 cm³/mol. The van der Waals surface area contributed by atoms with Crippen LogP contribution in [0.15, 0.2) is 51.7 Å². The minimum absolute atomic E-state index is 0.424. The van der Waals surface area contributed by atoms with Crippen LogP contribution in [0.3, 0.4) is 0 Å². The van der Waals surface area contributed by atoms with Gasteiger partial charge in [-0.1, -0.05) is 21.1 Å². The lowest BCUT2D eigenvalue weighted by Gasteiger charge is -2.00. The molecule has 0 bridgehead atoms. The molecule has 0 spiro atoms. The summed E-state index contributed by atoms with van der Waals surface area (Å²) in [7, 11) is 0. The molecule has 100 valence electrons. The van der Waals surface area contributed by atoms with Gasteiger partial charge in [0.05, 0.1) is 5.56 Å². The Morgan fingerprint density at radius 3 is 2.75 bits per heavy atom. The molecular weight excluding hydrogens is 320 g/mol. The zero-order valence-corrected chi connectivity index (χ0v) is 12.0. The van der Waals surface area contributed by atoms with Crippen molar-refractivity contribution >= 4 is 21.6 Å². The van der Waals surface area contributed by atoms with E-state index in [2.05, 4.69) is 31.1 Å². The van der Waals surface area contributed by atoms with Crippen LogP contribution in [0.1, 0.15) is 11.4 Å². The highest BCUT2D eigenvalue weighted by Gasteiger charge is 2.12. The molecule has 0 aliphatic carbocycles. The fourth-order valence-electron chi connectivity index (χ4n) is 1.83. The van der Waals surface area contributed by atoms with Crippen LogP contribution in [0.5, 0.6) is 0 Å². The topological polar surface area (TPSA) is 77.8 Å². The van der Waals surface area contributed by atoms with Crippen LogP contribution in [-0.4, -0.2) is 15.1 Å². The van der Waals surface area contributed by atoms with E-state index < -0.39 is 0 Å². The van der Waals surface area contributed by atoms with Crippen molar-refractivity contribution in [2.24, 2.45) is 0 Å². The molecule has 0 amide bonds. The first-order chi connectivity index (χ1) is 9.72. The van der Waals surface area contributed by atoms with Gasteiger partial charge in [0.2, 0.25) is 0 Å². The highest BCUT2D eigenvalue weighted by atomic mass is 79.9. The quantitative estimate of drug-likeness (QED) is 0.746. The van der Waals surface area contributed by atoms with E-state index >= 15 is 0 Å². The molecule has 0 aliphatic rings. The number of nitrogens with two attached hydrogens (primary N) is 1. The Morgan fingerprint density at radius 1 is 1.15 bits per heavy atom. The zero-order chi connectivity index (χ0) is 13.9. The van der Waals surface area contributed by atoms with Crippen LogP contribution in [-0.2, 0) is 6.42 Å². The molecule has 0 saturated carbocycles. The van der Waals surface area contributed by atoms with Crippen molar-refractivity contribution in [1.82, 2.24) is 15.1 Å². The van der Waals surface area contributed by atoms with Gasteiger partial charge in [-0.2, -0.15) is 4.98 Å². The zero-order valence-electron chi connectivity index (χ0n) is 10.5. The standard InChI is InChI=1S/C14H11BrN4O/c15-10-1-2-12(16)11(8-10)14-18-13(19-20-14)7-9-3-5-17-6-4-9/h1-6,8H,7,16H2. The van der Waals surface area contributed by atoms with E-state index in [0.717, 1.165) is 15.6 Å². The molecule has 0 saturated heterocycles. The Morgan fingerprint density at radius 2 is 1.95 bits per heavy atom. The van der Waals surface area contributed by atoms with E-state index in [1.807, 2.05) is 24.3 Å². The van der Waals surface area contributed by atoms with Crippen LogP contribution < -0.4 is 5.73 Å². The average Bonchev–Trinajstić information content (AvgIpc) is 2.91. The lowest BCUT2D eigenvalue weighted by Crippen LogP contribution is -1.92. The Balaban J connectivity index is 1.88. The van der Waals surface area contributed by atoms with Crippen molar-refractivity contribution in [1.29, 1.82) is 0 Å². The monoisotopic (exact) mass is 330 g/mol. The number of anilines is 1. The third kappa shape index (κ3) is 2.70. The van der Waals surface area contributed by atoms with Gasteiger partial charge in [-0.25, -0.2) is 0 Å². The van der Waals surface area contributed by atoms with Crippen molar-refractivity contribution in [3.8, 4) is 11.5 Å². The molecular formula is C14H11BrN4O. The number of pyridine rings is 1. The van der Waals surface area contributed by atoms with Gasteiger partial charge >= 0.3 is 0 Å². The SMILES string of the molecule is Nc1ccc(Br)cc1-c1nc(Cc2ccncc2)no1. The van der Waals surface area contributed by atoms with Crippen LogP contribution in [0.2, 0.25) is 0 Å². The van der Waals surface area contributed by atoms with Crippen molar-refractivity contribution in [2.45, 2.75) is 6.42 Å². The molecule has 1 aromatic carbocycles. The number of hydrogen-bond acceptors (Lipinski definition) is 5. The summed E-state index contributed by atoms with van der Waals surface area (Å²) in [5, 5.41) is 3.98. The predicted octanol–water partition coefficient (Wildman–Crippen LogP) is 3.07. The number of benzene rings is 1. The summed E-state index contributed by atoms with van der Waals surface area (Å²) in [6, 6.07) is 9.37. The molecule has 3 rings (SSSR count). The van der Waals surface area contributed by atoms with Gasteiger partial charge in [0.25, 0.3) is 5.89 Å². The van der Waals surface area contributed by atoms with E-state index in [0.29, 0.717) is 23.8 Å². The molecule has 2 heterocycles. The summed E-state index contributed by atoms with van der Waals surface area (Å²) in [6.45, 7) is 0. The largest absolute Gasteiger partial charge is 0.398 e. The summed E-state index contributed by atoms with van der Waals surface area (Å²) in [5.41, 5.74) is 8.34. The fraction of sp³-hybridized carbons (Fsp3) is 0.0714. The average molecular weight is 331 g/mol. The second-order valence-electron chi connectivity index (χ2n) is 4.28. The third-order valence-electron chi connectivity index (χ3n) is 2.83. The van der Waals surface area contributed by atoms with Crippen LogP contribution in [0.25, 0.3) is 11.5 Å². The first-order valence-corrected chi connectivity index (χ1v) is 6.78. The maximum absolute atomic E-state index is 5.93. The summed E-state index contributed by atoms with van der Waals surface area (Å²) < 4.78 is 6.19. The van der Waals surface area contributed by atoms with Crippen molar-refractivity contribution in [2.75, 3.05) is 5.73 Å². The van der Waals surface area contributed by atoms with Crippen LogP contribution >= 0.6 is 15.9 Å². The van der Waals surface area contributed by atoms with E-state index in [9.17, 15) is 0 Å². The summed E-state index contributed by atoms with van der Waals surface area (Å²) in [4.78, 5) is 8.35. The van der Waals surface area contributed by atoms with E-state index in [1.165, 1.54) is 0 Å². The lowest BCUT2D eigenvalue weighted by molar-refractivity contribution is 0.424. The van der Waals surface area contributed by atoms with Gasteiger partial charge in [-0.15, -0.1) is 0 Å². The number of hydrogen-bond donors (Lipinski definition) is 1. The van der Waals surface area contributed by atoms with Gasteiger partial charge in [0.1, 0.15) is 0 Å². The van der Waals surface area contributed by atoms with Gasteiger partial charge in [0.15, 0.2) is 5.82 Å². The van der Waals surface area contributed by atoms with Gasteiger partial charge in [-0.05, 0) is 35.9 Å². The normalized spacial score (nSPS) is 10.7. The van der Waals surface area contributed by atoms with E-state index in [-0.39, 0.29) is 0 Å². The molecule has 20 heavy (non-hydrogen) atoms. The second kappa shape index (κ2) is 5.42. The molecule has 6 heteroatoms. The van der Waals surface area contributed by atoms with E-state index in [1.54, 1.807) is 18.5 Å². The Labute approximate surface area is 124 Å². The summed E-state index contributed by atoms with van der Waals surface area (Å²) in [6.07, 6.45) is 4.07. The smallest absolute Gasteiger partial charge is 0.260 e. The second-order valence-corrected chi connectivity index (χ2v) is 5.20. The van der Waals surface area contributed by atoms with Crippen LogP contribution in [0.4, 0.5) is 5.69 Å². The Bertz CT molecular complexity index is 727. The van der Waals surface area contributed by atoms with Crippen molar-refractivity contribution < 1.29 is 4.52 Å². The Hall–Kier alpha value is -2.21. The molecule has 2 aromatic heterocycles. The van der Waals surface area contributed by atoms with Gasteiger partial charge in [-0.3, -0.25) is 4.98 Å². The highest BCUT2D eigenvalue weighted by Crippen LogP contribution is 2.27. The molecule has 0 fully saturated rings. The molecule has 0 radical (unpaired) electrons. The van der Waals surface area contributed by atoms with Crippen molar-refractivity contribution in [3.63, 3.8) is 0 Å².